The molecule has 0 bridgehead atoms. The molecule has 0 atom stereocenters. The summed E-state index contributed by atoms with van der Waals surface area (Å²) < 4.78 is 1.82. The summed E-state index contributed by atoms with van der Waals surface area (Å²) in [5.41, 5.74) is 1.56. The Bertz CT molecular complexity index is 758. The number of amides is 1. The lowest BCUT2D eigenvalue weighted by molar-refractivity contribution is 0.0499. The van der Waals surface area contributed by atoms with Gasteiger partial charge in [0, 0.05) is 18.5 Å². The van der Waals surface area contributed by atoms with Gasteiger partial charge in [0.15, 0.2) is 0 Å². The van der Waals surface area contributed by atoms with Crippen LogP contribution in [0.2, 0.25) is 0 Å². The van der Waals surface area contributed by atoms with Crippen LogP contribution in [-0.2, 0) is 6.54 Å². The molecule has 0 unspecified atom stereocenters. The Morgan fingerprint density at radius 2 is 2.14 bits per heavy atom. The van der Waals surface area contributed by atoms with Gasteiger partial charge >= 0.3 is 0 Å². The van der Waals surface area contributed by atoms with Crippen LogP contribution in [0.25, 0.3) is 0 Å². The second-order valence-corrected chi connectivity index (χ2v) is 5.91. The number of hydrogen-bond acceptors (Lipinski definition) is 6. The largest absolute Gasteiger partial charge is 0.334 e. The van der Waals surface area contributed by atoms with Crippen LogP contribution in [0.15, 0.2) is 35.4 Å². The first-order valence-corrected chi connectivity index (χ1v) is 7.80. The number of aromatic nitrogens is 6. The SMILES string of the molecule is O=C(c1ccsc1)N1CC(n2cc(Cn3nccn3)nn2)C1. The topological polar surface area (TPSA) is 81.7 Å². The predicted molar refractivity (Wildman–Crippen MR) is 78.4 cm³/mol. The lowest BCUT2D eigenvalue weighted by Gasteiger charge is -2.38. The maximum Gasteiger partial charge on any atom is 0.254 e. The number of hydrogen-bond donors (Lipinski definition) is 0. The van der Waals surface area contributed by atoms with Gasteiger partial charge < -0.3 is 4.90 Å². The molecule has 0 saturated carbocycles. The Balaban J connectivity index is 1.37. The first-order chi connectivity index (χ1) is 10.8. The first-order valence-electron chi connectivity index (χ1n) is 6.86. The standard InChI is InChI=1S/C13H13N7OS/c21-13(10-1-4-22-9-10)18-7-12(8-18)19-5-11(16-17-19)6-20-14-2-3-15-20/h1-5,9,12H,6-8H2. The van der Waals surface area contributed by atoms with Crippen LogP contribution in [0.5, 0.6) is 0 Å². The number of carbonyl (C=O) groups excluding carboxylic acids is 1. The Morgan fingerprint density at radius 1 is 1.32 bits per heavy atom. The van der Waals surface area contributed by atoms with Gasteiger partial charge in [-0.3, -0.25) is 4.79 Å². The molecule has 9 heteroatoms. The second-order valence-electron chi connectivity index (χ2n) is 5.13. The molecule has 1 fully saturated rings. The van der Waals surface area contributed by atoms with Crippen molar-refractivity contribution in [3.8, 4) is 0 Å². The fraction of sp³-hybridized carbons (Fsp3) is 0.308. The van der Waals surface area contributed by atoms with Crippen LogP contribution >= 0.6 is 11.3 Å². The Labute approximate surface area is 130 Å². The van der Waals surface area contributed by atoms with Gasteiger partial charge in [0.05, 0.1) is 30.2 Å². The summed E-state index contributed by atoms with van der Waals surface area (Å²) in [5, 5.41) is 20.1. The van der Waals surface area contributed by atoms with Crippen LogP contribution in [0, 0.1) is 0 Å². The monoisotopic (exact) mass is 315 g/mol. The van der Waals surface area contributed by atoms with E-state index in [2.05, 4.69) is 20.5 Å². The van der Waals surface area contributed by atoms with E-state index >= 15 is 0 Å². The molecule has 8 nitrogen and oxygen atoms in total. The molecule has 0 aliphatic carbocycles. The van der Waals surface area contributed by atoms with Gasteiger partial charge in [0.1, 0.15) is 12.2 Å². The van der Waals surface area contributed by atoms with Crippen LogP contribution in [0.3, 0.4) is 0 Å². The third kappa shape index (κ3) is 2.39. The molecular weight excluding hydrogens is 302 g/mol. The molecule has 3 aromatic heterocycles. The van der Waals surface area contributed by atoms with Gasteiger partial charge in [-0.2, -0.15) is 26.3 Å². The van der Waals surface area contributed by atoms with E-state index in [-0.39, 0.29) is 11.9 Å². The molecule has 1 saturated heterocycles. The van der Waals surface area contributed by atoms with E-state index in [0.29, 0.717) is 19.6 Å². The minimum Gasteiger partial charge on any atom is -0.334 e. The van der Waals surface area contributed by atoms with Crippen molar-refractivity contribution in [1.82, 2.24) is 34.9 Å². The van der Waals surface area contributed by atoms with Crippen molar-refractivity contribution in [3.63, 3.8) is 0 Å². The quantitative estimate of drug-likeness (QED) is 0.707. The minimum absolute atomic E-state index is 0.0820. The van der Waals surface area contributed by atoms with Crippen LogP contribution in [0.1, 0.15) is 22.1 Å². The minimum atomic E-state index is 0.0820. The highest BCUT2D eigenvalue weighted by atomic mass is 32.1. The maximum absolute atomic E-state index is 12.1. The summed E-state index contributed by atoms with van der Waals surface area (Å²) in [7, 11) is 0. The molecular formula is C13H13N7OS. The average molecular weight is 315 g/mol. The first kappa shape index (κ1) is 13.1. The Morgan fingerprint density at radius 3 is 2.86 bits per heavy atom. The molecule has 4 rings (SSSR count). The van der Waals surface area contributed by atoms with E-state index in [1.165, 1.54) is 11.3 Å². The van der Waals surface area contributed by atoms with Gasteiger partial charge in [-0.05, 0) is 11.4 Å². The molecule has 1 aliphatic rings. The predicted octanol–water partition coefficient (Wildman–Crippen LogP) is 0.676. The van der Waals surface area contributed by atoms with E-state index in [0.717, 1.165) is 11.3 Å². The van der Waals surface area contributed by atoms with Crippen molar-refractivity contribution in [2.75, 3.05) is 13.1 Å². The summed E-state index contributed by atoms with van der Waals surface area (Å²) >= 11 is 1.53. The molecule has 0 aromatic carbocycles. The molecule has 0 radical (unpaired) electrons. The molecule has 0 spiro atoms. The number of carbonyl (C=O) groups is 1. The second kappa shape index (κ2) is 5.34. The fourth-order valence-electron chi connectivity index (χ4n) is 2.39. The summed E-state index contributed by atoms with van der Waals surface area (Å²) in [6.45, 7) is 1.83. The summed E-state index contributed by atoms with van der Waals surface area (Å²) in [6.07, 6.45) is 5.15. The number of likely N-dealkylation sites (tertiary alicyclic amines) is 1. The van der Waals surface area contributed by atoms with E-state index < -0.39 is 0 Å². The van der Waals surface area contributed by atoms with Crippen molar-refractivity contribution in [2.45, 2.75) is 12.6 Å². The zero-order valence-electron chi connectivity index (χ0n) is 11.6. The molecule has 22 heavy (non-hydrogen) atoms. The smallest absolute Gasteiger partial charge is 0.254 e. The highest BCUT2D eigenvalue weighted by Crippen LogP contribution is 2.23. The van der Waals surface area contributed by atoms with Gasteiger partial charge in [0.25, 0.3) is 5.91 Å². The van der Waals surface area contributed by atoms with Gasteiger partial charge in [-0.25, -0.2) is 4.68 Å². The normalized spacial score (nSPS) is 15.0. The molecule has 3 aromatic rings. The molecule has 4 heterocycles. The Kier molecular flexibility index (Phi) is 3.19. The molecule has 1 aliphatic heterocycles. The van der Waals surface area contributed by atoms with E-state index in [1.54, 1.807) is 17.2 Å². The van der Waals surface area contributed by atoms with E-state index in [4.69, 9.17) is 0 Å². The lowest BCUT2D eigenvalue weighted by atomic mass is 10.1. The summed E-state index contributed by atoms with van der Waals surface area (Å²) in [5.74, 6) is 0.0820. The molecule has 1 amide bonds. The zero-order valence-corrected chi connectivity index (χ0v) is 12.4. The fourth-order valence-corrected chi connectivity index (χ4v) is 3.02. The Hall–Kier alpha value is -2.55. The number of rotatable bonds is 4. The third-order valence-corrected chi connectivity index (χ3v) is 4.30. The summed E-state index contributed by atoms with van der Waals surface area (Å²) in [4.78, 5) is 15.5. The zero-order chi connectivity index (χ0) is 14.9. The van der Waals surface area contributed by atoms with Crippen LogP contribution < -0.4 is 0 Å². The summed E-state index contributed by atoms with van der Waals surface area (Å²) in [6, 6.07) is 2.04. The van der Waals surface area contributed by atoms with Crippen LogP contribution in [-0.4, -0.2) is 53.9 Å². The number of thiophene rings is 1. The molecule has 112 valence electrons. The van der Waals surface area contributed by atoms with Gasteiger partial charge in [0.2, 0.25) is 0 Å². The van der Waals surface area contributed by atoms with Crippen molar-refractivity contribution < 1.29 is 4.79 Å². The molecule has 0 N–H and O–H groups in total. The van der Waals surface area contributed by atoms with Crippen molar-refractivity contribution in [2.24, 2.45) is 0 Å². The van der Waals surface area contributed by atoms with E-state index in [9.17, 15) is 4.79 Å². The van der Waals surface area contributed by atoms with Gasteiger partial charge in [-0.15, -0.1) is 5.10 Å². The van der Waals surface area contributed by atoms with Crippen LogP contribution in [0.4, 0.5) is 0 Å². The van der Waals surface area contributed by atoms with Gasteiger partial charge in [-0.1, -0.05) is 5.21 Å². The number of nitrogens with zero attached hydrogens (tertiary/aromatic N) is 7. The highest BCUT2D eigenvalue weighted by Gasteiger charge is 2.33. The third-order valence-electron chi connectivity index (χ3n) is 3.62. The average Bonchev–Trinajstić information content (AvgIpc) is 3.19. The van der Waals surface area contributed by atoms with E-state index in [1.807, 2.05) is 32.6 Å². The van der Waals surface area contributed by atoms with Crippen molar-refractivity contribution >= 4 is 17.2 Å². The van der Waals surface area contributed by atoms with Crippen molar-refractivity contribution in [3.05, 3.63) is 46.7 Å². The highest BCUT2D eigenvalue weighted by molar-refractivity contribution is 7.08. The lowest BCUT2D eigenvalue weighted by Crippen LogP contribution is -2.50. The van der Waals surface area contributed by atoms with Crippen molar-refractivity contribution in [1.29, 1.82) is 0 Å². The maximum atomic E-state index is 12.1.